The Hall–Kier alpha value is -2.82. The topological polar surface area (TPSA) is 68.9 Å². The fraction of sp³-hybridized carbons (Fsp3) is 0.222. The van der Waals surface area contributed by atoms with Crippen LogP contribution in [0, 0.1) is 5.92 Å². The molecule has 0 spiro atoms. The highest BCUT2D eigenvalue weighted by molar-refractivity contribution is 5.72. The molecular formula is C18H17N3O2. The Bertz CT molecular complexity index is 790. The van der Waals surface area contributed by atoms with Crippen molar-refractivity contribution in [1.29, 1.82) is 0 Å². The van der Waals surface area contributed by atoms with E-state index < -0.39 is 0 Å². The van der Waals surface area contributed by atoms with Crippen molar-refractivity contribution in [2.24, 2.45) is 5.92 Å². The second-order valence-corrected chi connectivity index (χ2v) is 5.81. The van der Waals surface area contributed by atoms with Crippen molar-refractivity contribution in [3.63, 3.8) is 0 Å². The van der Waals surface area contributed by atoms with E-state index in [0.717, 1.165) is 12.0 Å². The molecule has 3 rings (SSSR count). The number of rotatable bonds is 5. The molecule has 0 atom stereocenters. The van der Waals surface area contributed by atoms with Crippen molar-refractivity contribution in [3.05, 3.63) is 53.9 Å². The van der Waals surface area contributed by atoms with Gasteiger partial charge in [-0.2, -0.15) is 4.98 Å². The fourth-order valence-corrected chi connectivity index (χ4v) is 2.32. The molecule has 116 valence electrons. The van der Waals surface area contributed by atoms with Gasteiger partial charge in [0.1, 0.15) is 5.69 Å². The smallest absolute Gasteiger partial charge is 0.258 e. The van der Waals surface area contributed by atoms with Gasteiger partial charge in [0.25, 0.3) is 5.89 Å². The van der Waals surface area contributed by atoms with E-state index in [2.05, 4.69) is 41.1 Å². The molecule has 0 unspecified atom stereocenters. The minimum atomic E-state index is 0.373. The molecule has 0 radical (unpaired) electrons. The Labute approximate surface area is 134 Å². The van der Waals surface area contributed by atoms with Crippen LogP contribution in [0.2, 0.25) is 0 Å². The SMILES string of the molecule is CC(C)Cc1ccc(-c2nc(-c3ccc(C=O)nc3)no2)cc1. The average Bonchev–Trinajstić information content (AvgIpc) is 3.05. The minimum Gasteiger partial charge on any atom is -0.334 e. The van der Waals surface area contributed by atoms with Crippen molar-refractivity contribution in [1.82, 2.24) is 15.1 Å². The van der Waals surface area contributed by atoms with E-state index in [1.54, 1.807) is 18.3 Å². The molecule has 3 aromatic rings. The zero-order valence-corrected chi connectivity index (χ0v) is 13.1. The van der Waals surface area contributed by atoms with Gasteiger partial charge in [-0.1, -0.05) is 31.1 Å². The highest BCUT2D eigenvalue weighted by Crippen LogP contribution is 2.22. The third kappa shape index (κ3) is 3.51. The Morgan fingerprint density at radius 1 is 1.09 bits per heavy atom. The molecule has 0 aliphatic carbocycles. The van der Waals surface area contributed by atoms with Gasteiger partial charge in [0.15, 0.2) is 6.29 Å². The predicted molar refractivity (Wildman–Crippen MR) is 86.9 cm³/mol. The van der Waals surface area contributed by atoms with Crippen LogP contribution in [-0.4, -0.2) is 21.4 Å². The van der Waals surface area contributed by atoms with Gasteiger partial charge in [-0.15, -0.1) is 0 Å². The van der Waals surface area contributed by atoms with E-state index in [4.69, 9.17) is 4.52 Å². The monoisotopic (exact) mass is 307 g/mol. The lowest BCUT2D eigenvalue weighted by atomic mass is 10.0. The zero-order chi connectivity index (χ0) is 16.2. The maximum Gasteiger partial charge on any atom is 0.258 e. The summed E-state index contributed by atoms with van der Waals surface area (Å²) in [5.41, 5.74) is 3.26. The molecular weight excluding hydrogens is 290 g/mol. The van der Waals surface area contributed by atoms with Gasteiger partial charge in [-0.05, 0) is 42.2 Å². The summed E-state index contributed by atoms with van der Waals surface area (Å²) in [6, 6.07) is 11.5. The van der Waals surface area contributed by atoms with E-state index in [1.807, 2.05) is 12.1 Å². The Balaban J connectivity index is 1.81. The number of benzene rings is 1. The van der Waals surface area contributed by atoms with E-state index in [0.29, 0.717) is 35.2 Å². The first-order chi connectivity index (χ1) is 11.2. The summed E-state index contributed by atoms with van der Waals surface area (Å²) in [4.78, 5) is 19.0. The van der Waals surface area contributed by atoms with Crippen molar-refractivity contribution in [2.75, 3.05) is 0 Å². The largest absolute Gasteiger partial charge is 0.334 e. The van der Waals surface area contributed by atoms with Crippen LogP contribution in [0.4, 0.5) is 0 Å². The number of carbonyl (C=O) groups excluding carboxylic acids is 1. The molecule has 0 saturated heterocycles. The molecule has 1 aromatic carbocycles. The zero-order valence-electron chi connectivity index (χ0n) is 13.1. The number of aromatic nitrogens is 3. The first kappa shape index (κ1) is 15.1. The molecule has 5 nitrogen and oxygen atoms in total. The summed E-state index contributed by atoms with van der Waals surface area (Å²) >= 11 is 0. The summed E-state index contributed by atoms with van der Waals surface area (Å²) in [5.74, 6) is 1.55. The van der Waals surface area contributed by atoms with Crippen molar-refractivity contribution < 1.29 is 9.32 Å². The maximum absolute atomic E-state index is 10.6. The molecule has 0 amide bonds. The predicted octanol–water partition coefficient (Wildman–Crippen LogP) is 3.81. The van der Waals surface area contributed by atoms with Crippen LogP contribution in [0.25, 0.3) is 22.8 Å². The van der Waals surface area contributed by atoms with E-state index in [9.17, 15) is 4.79 Å². The number of hydrogen-bond donors (Lipinski definition) is 0. The summed E-state index contributed by atoms with van der Waals surface area (Å²) in [6.07, 6.45) is 3.30. The third-order valence-corrected chi connectivity index (χ3v) is 3.44. The molecule has 5 heteroatoms. The highest BCUT2D eigenvalue weighted by Gasteiger charge is 2.11. The summed E-state index contributed by atoms with van der Waals surface area (Å²) in [6.45, 7) is 4.39. The number of nitrogens with zero attached hydrogens (tertiary/aromatic N) is 3. The molecule has 0 bridgehead atoms. The van der Waals surface area contributed by atoms with E-state index in [1.165, 1.54) is 5.56 Å². The lowest BCUT2D eigenvalue weighted by molar-refractivity contribution is 0.111. The molecule has 0 aliphatic rings. The molecule has 0 aliphatic heterocycles. The second kappa shape index (κ2) is 6.52. The number of hydrogen-bond acceptors (Lipinski definition) is 5. The average molecular weight is 307 g/mol. The Morgan fingerprint density at radius 3 is 2.43 bits per heavy atom. The van der Waals surface area contributed by atoms with Gasteiger partial charge in [0.2, 0.25) is 5.82 Å². The first-order valence-electron chi connectivity index (χ1n) is 7.50. The molecule has 0 fully saturated rings. The second-order valence-electron chi connectivity index (χ2n) is 5.81. The van der Waals surface area contributed by atoms with Crippen LogP contribution < -0.4 is 0 Å². The molecule has 23 heavy (non-hydrogen) atoms. The lowest BCUT2D eigenvalue weighted by Crippen LogP contribution is -1.93. The molecule has 2 heterocycles. The minimum absolute atomic E-state index is 0.373. The van der Waals surface area contributed by atoms with Crippen LogP contribution in [0.15, 0.2) is 47.1 Å². The third-order valence-electron chi connectivity index (χ3n) is 3.44. The van der Waals surface area contributed by atoms with Crippen molar-refractivity contribution in [3.8, 4) is 22.8 Å². The molecule has 0 saturated carbocycles. The maximum atomic E-state index is 10.6. The van der Waals surface area contributed by atoms with Crippen LogP contribution >= 0.6 is 0 Å². The molecule has 2 aromatic heterocycles. The van der Waals surface area contributed by atoms with Crippen molar-refractivity contribution >= 4 is 6.29 Å². The fourth-order valence-electron chi connectivity index (χ4n) is 2.32. The molecule has 0 N–H and O–H groups in total. The summed E-state index contributed by atoms with van der Waals surface area (Å²) in [7, 11) is 0. The first-order valence-corrected chi connectivity index (χ1v) is 7.50. The van der Waals surface area contributed by atoms with Gasteiger partial charge in [-0.3, -0.25) is 9.78 Å². The summed E-state index contributed by atoms with van der Waals surface area (Å²) in [5, 5.41) is 3.97. The lowest BCUT2D eigenvalue weighted by Gasteiger charge is -2.04. The summed E-state index contributed by atoms with van der Waals surface area (Å²) < 4.78 is 5.32. The quantitative estimate of drug-likeness (QED) is 0.670. The van der Waals surface area contributed by atoms with Crippen LogP contribution in [0.5, 0.6) is 0 Å². The Morgan fingerprint density at radius 2 is 1.83 bits per heavy atom. The van der Waals surface area contributed by atoms with E-state index >= 15 is 0 Å². The Kier molecular flexibility index (Phi) is 4.28. The standard InChI is InChI=1S/C18H17N3O2/c1-12(2)9-13-3-5-14(6-4-13)18-20-17(21-23-18)15-7-8-16(11-22)19-10-15/h3-8,10-12H,9H2,1-2H3. The van der Waals surface area contributed by atoms with E-state index in [-0.39, 0.29) is 0 Å². The number of aldehydes is 1. The van der Waals surface area contributed by atoms with Gasteiger partial charge >= 0.3 is 0 Å². The normalized spacial score (nSPS) is 10.9. The van der Waals surface area contributed by atoms with Gasteiger partial charge in [0.05, 0.1) is 0 Å². The van der Waals surface area contributed by atoms with Crippen LogP contribution in [0.3, 0.4) is 0 Å². The highest BCUT2D eigenvalue weighted by atomic mass is 16.5. The van der Waals surface area contributed by atoms with Crippen LogP contribution in [0.1, 0.15) is 29.9 Å². The number of pyridine rings is 1. The van der Waals surface area contributed by atoms with Crippen molar-refractivity contribution in [2.45, 2.75) is 20.3 Å². The van der Waals surface area contributed by atoms with Gasteiger partial charge < -0.3 is 4.52 Å². The number of carbonyl (C=O) groups is 1. The van der Waals surface area contributed by atoms with Gasteiger partial charge in [0, 0.05) is 17.3 Å². The van der Waals surface area contributed by atoms with Crippen LogP contribution in [-0.2, 0) is 6.42 Å². The van der Waals surface area contributed by atoms with Gasteiger partial charge in [-0.25, -0.2) is 0 Å².